The molecule has 0 atom stereocenters. The summed E-state index contributed by atoms with van der Waals surface area (Å²) in [6, 6.07) is 8.43. The van der Waals surface area contributed by atoms with Crippen LogP contribution in [0.25, 0.3) is 10.9 Å². The predicted molar refractivity (Wildman–Crippen MR) is 74.7 cm³/mol. The molecule has 1 aromatic heterocycles. The maximum Gasteiger partial charge on any atom is 0.130 e. The second-order valence-corrected chi connectivity index (χ2v) is 4.96. The summed E-state index contributed by atoms with van der Waals surface area (Å²) < 4.78 is 0. The molecule has 0 aliphatic rings. The fourth-order valence-corrected chi connectivity index (χ4v) is 2.39. The van der Waals surface area contributed by atoms with Gasteiger partial charge in [0, 0.05) is 5.39 Å². The Bertz CT molecular complexity index is 520. The van der Waals surface area contributed by atoms with E-state index in [9.17, 15) is 0 Å². The topological polar surface area (TPSA) is 12.9 Å². The molecular weight excluding hydrogens is 230 g/mol. The maximum atomic E-state index is 5.96. The Morgan fingerprint density at radius 3 is 2.76 bits per heavy atom. The molecule has 1 heterocycles. The summed E-state index contributed by atoms with van der Waals surface area (Å²) in [7, 11) is 0. The largest absolute Gasteiger partial charge is 0.236 e. The smallest absolute Gasteiger partial charge is 0.130 e. The van der Waals surface area contributed by atoms with Crippen molar-refractivity contribution in [2.45, 2.75) is 39.5 Å². The highest BCUT2D eigenvalue weighted by atomic mass is 35.5. The minimum Gasteiger partial charge on any atom is -0.236 e. The van der Waals surface area contributed by atoms with E-state index in [0.717, 1.165) is 11.9 Å². The van der Waals surface area contributed by atoms with E-state index < -0.39 is 0 Å². The third-order valence-electron chi connectivity index (χ3n) is 3.12. The van der Waals surface area contributed by atoms with Crippen molar-refractivity contribution in [1.82, 2.24) is 4.98 Å². The van der Waals surface area contributed by atoms with Gasteiger partial charge in [0.15, 0.2) is 0 Å². The summed E-state index contributed by atoms with van der Waals surface area (Å²) in [5.41, 5.74) is 3.60. The Labute approximate surface area is 108 Å². The van der Waals surface area contributed by atoms with Gasteiger partial charge in [0.2, 0.25) is 0 Å². The molecule has 0 radical (unpaired) electrons. The SMILES string of the molecule is CCCCCc1ccc2nc(Cl)cc(C)c2c1. The van der Waals surface area contributed by atoms with E-state index in [0.29, 0.717) is 5.15 Å². The van der Waals surface area contributed by atoms with Crippen LogP contribution in [0.15, 0.2) is 24.3 Å². The molecule has 0 spiro atoms. The molecule has 0 saturated carbocycles. The Morgan fingerprint density at radius 1 is 1.18 bits per heavy atom. The molecule has 0 N–H and O–H groups in total. The lowest BCUT2D eigenvalue weighted by atomic mass is 10.0. The summed E-state index contributed by atoms with van der Waals surface area (Å²) in [5, 5.41) is 1.80. The van der Waals surface area contributed by atoms with Crippen LogP contribution in [0.5, 0.6) is 0 Å². The minimum absolute atomic E-state index is 0.578. The first-order chi connectivity index (χ1) is 8.20. The van der Waals surface area contributed by atoms with E-state index in [-0.39, 0.29) is 0 Å². The van der Waals surface area contributed by atoms with Crippen molar-refractivity contribution in [1.29, 1.82) is 0 Å². The molecule has 0 bridgehead atoms. The first kappa shape index (κ1) is 12.4. The van der Waals surface area contributed by atoms with Crippen LogP contribution in [0.4, 0.5) is 0 Å². The minimum atomic E-state index is 0.578. The van der Waals surface area contributed by atoms with Gasteiger partial charge in [-0.2, -0.15) is 0 Å². The number of rotatable bonds is 4. The van der Waals surface area contributed by atoms with E-state index in [1.54, 1.807) is 0 Å². The van der Waals surface area contributed by atoms with E-state index in [2.05, 4.69) is 37.0 Å². The van der Waals surface area contributed by atoms with Crippen LogP contribution in [0, 0.1) is 6.92 Å². The first-order valence-electron chi connectivity index (χ1n) is 6.26. The van der Waals surface area contributed by atoms with Gasteiger partial charge >= 0.3 is 0 Å². The number of fused-ring (bicyclic) bond motifs is 1. The Balaban J connectivity index is 2.30. The van der Waals surface area contributed by atoms with Gasteiger partial charge in [-0.1, -0.05) is 37.4 Å². The van der Waals surface area contributed by atoms with Gasteiger partial charge in [-0.25, -0.2) is 4.98 Å². The molecule has 0 aliphatic heterocycles. The van der Waals surface area contributed by atoms with Gasteiger partial charge < -0.3 is 0 Å². The molecule has 0 saturated heterocycles. The zero-order chi connectivity index (χ0) is 12.3. The van der Waals surface area contributed by atoms with Crippen molar-refractivity contribution >= 4 is 22.5 Å². The monoisotopic (exact) mass is 247 g/mol. The standard InChI is InChI=1S/C15H18ClN/c1-3-4-5-6-12-7-8-14-13(10-12)11(2)9-15(16)17-14/h7-10H,3-6H2,1-2H3. The zero-order valence-corrected chi connectivity index (χ0v) is 11.2. The molecule has 2 heteroatoms. The van der Waals surface area contributed by atoms with Gasteiger partial charge in [-0.05, 0) is 49.1 Å². The van der Waals surface area contributed by atoms with Gasteiger partial charge in [0.05, 0.1) is 5.52 Å². The van der Waals surface area contributed by atoms with Crippen LogP contribution in [-0.4, -0.2) is 4.98 Å². The lowest BCUT2D eigenvalue weighted by Gasteiger charge is -2.06. The Kier molecular flexibility index (Phi) is 4.01. The quantitative estimate of drug-likeness (QED) is 0.552. The van der Waals surface area contributed by atoms with Crippen LogP contribution in [0.2, 0.25) is 5.15 Å². The number of unbranched alkanes of at least 4 members (excludes halogenated alkanes) is 2. The summed E-state index contributed by atoms with van der Waals surface area (Å²) >= 11 is 5.96. The number of hydrogen-bond donors (Lipinski definition) is 0. The average molecular weight is 248 g/mol. The van der Waals surface area contributed by atoms with E-state index in [1.807, 2.05) is 6.07 Å². The van der Waals surface area contributed by atoms with Crippen molar-refractivity contribution < 1.29 is 0 Å². The molecular formula is C15H18ClN. The molecule has 0 amide bonds. The van der Waals surface area contributed by atoms with Crippen LogP contribution in [-0.2, 0) is 6.42 Å². The molecule has 0 aliphatic carbocycles. The molecule has 1 aromatic carbocycles. The number of benzene rings is 1. The second-order valence-electron chi connectivity index (χ2n) is 4.57. The molecule has 17 heavy (non-hydrogen) atoms. The molecule has 1 nitrogen and oxygen atoms in total. The van der Waals surface area contributed by atoms with Crippen molar-refractivity contribution in [2.24, 2.45) is 0 Å². The van der Waals surface area contributed by atoms with Crippen molar-refractivity contribution in [3.8, 4) is 0 Å². The number of hydrogen-bond acceptors (Lipinski definition) is 1. The normalized spacial score (nSPS) is 11.0. The molecule has 0 fully saturated rings. The molecule has 2 aromatic rings. The third-order valence-corrected chi connectivity index (χ3v) is 3.31. The summed E-state index contributed by atoms with van der Waals surface area (Å²) in [6.07, 6.45) is 4.99. The van der Waals surface area contributed by atoms with Gasteiger partial charge in [0.1, 0.15) is 5.15 Å². The number of aryl methyl sites for hydroxylation is 2. The highest BCUT2D eigenvalue weighted by Gasteiger charge is 2.02. The van der Waals surface area contributed by atoms with E-state index >= 15 is 0 Å². The van der Waals surface area contributed by atoms with Gasteiger partial charge in [-0.3, -0.25) is 0 Å². The Hall–Kier alpha value is -1.08. The third kappa shape index (κ3) is 2.98. The average Bonchev–Trinajstić information content (AvgIpc) is 2.30. The number of halogens is 1. The lowest BCUT2D eigenvalue weighted by molar-refractivity contribution is 0.718. The van der Waals surface area contributed by atoms with Crippen LogP contribution >= 0.6 is 11.6 Å². The fourth-order valence-electron chi connectivity index (χ4n) is 2.13. The van der Waals surface area contributed by atoms with Crippen molar-refractivity contribution in [3.63, 3.8) is 0 Å². The molecule has 90 valence electrons. The number of aromatic nitrogens is 1. The van der Waals surface area contributed by atoms with Crippen molar-refractivity contribution in [3.05, 3.63) is 40.5 Å². The van der Waals surface area contributed by atoms with Gasteiger partial charge in [-0.15, -0.1) is 0 Å². The molecule has 0 unspecified atom stereocenters. The Morgan fingerprint density at radius 2 is 2.00 bits per heavy atom. The highest BCUT2D eigenvalue weighted by molar-refractivity contribution is 6.29. The summed E-state index contributed by atoms with van der Waals surface area (Å²) in [6.45, 7) is 4.32. The van der Waals surface area contributed by atoms with Gasteiger partial charge in [0.25, 0.3) is 0 Å². The zero-order valence-electron chi connectivity index (χ0n) is 10.5. The summed E-state index contributed by atoms with van der Waals surface area (Å²) in [5.74, 6) is 0. The second kappa shape index (κ2) is 5.50. The molecule has 2 rings (SSSR count). The lowest BCUT2D eigenvalue weighted by Crippen LogP contribution is -1.89. The fraction of sp³-hybridized carbons (Fsp3) is 0.400. The summed E-state index contributed by atoms with van der Waals surface area (Å²) in [4.78, 5) is 4.34. The van der Waals surface area contributed by atoms with Crippen LogP contribution in [0.1, 0.15) is 37.3 Å². The van der Waals surface area contributed by atoms with Crippen molar-refractivity contribution in [2.75, 3.05) is 0 Å². The van der Waals surface area contributed by atoms with E-state index in [1.165, 1.54) is 35.8 Å². The van der Waals surface area contributed by atoms with Crippen LogP contribution in [0.3, 0.4) is 0 Å². The predicted octanol–water partition coefficient (Wildman–Crippen LogP) is 4.93. The van der Waals surface area contributed by atoms with E-state index in [4.69, 9.17) is 11.6 Å². The maximum absolute atomic E-state index is 5.96. The van der Waals surface area contributed by atoms with Crippen LogP contribution < -0.4 is 0 Å². The first-order valence-corrected chi connectivity index (χ1v) is 6.64. The number of nitrogens with zero attached hydrogens (tertiary/aromatic N) is 1. The highest BCUT2D eigenvalue weighted by Crippen LogP contribution is 2.22. The number of pyridine rings is 1.